The van der Waals surface area contributed by atoms with Crippen molar-refractivity contribution in [2.45, 2.75) is 26.4 Å². The second-order valence-corrected chi connectivity index (χ2v) is 7.59. The number of hydrogen-bond acceptors (Lipinski definition) is 5. The number of amides is 1. The van der Waals surface area contributed by atoms with E-state index in [0.717, 1.165) is 15.4 Å². The molecule has 1 aromatic carbocycles. The van der Waals surface area contributed by atoms with Crippen LogP contribution in [0.1, 0.15) is 35.8 Å². The molecule has 3 aromatic rings. The predicted molar refractivity (Wildman–Crippen MR) is 109 cm³/mol. The van der Waals surface area contributed by atoms with Gasteiger partial charge in [-0.3, -0.25) is 4.79 Å². The molecule has 146 valence electrons. The Morgan fingerprint density at radius 3 is 2.71 bits per heavy atom. The lowest BCUT2D eigenvalue weighted by Gasteiger charge is -2.18. The quantitative estimate of drug-likeness (QED) is 0.542. The Bertz CT molecular complexity index is 1020. The van der Waals surface area contributed by atoms with E-state index in [1.54, 1.807) is 24.0 Å². The first-order valence-corrected chi connectivity index (χ1v) is 9.64. The normalized spacial score (nSPS) is 11.0. The Balaban J connectivity index is 1.61. The third-order valence-electron chi connectivity index (χ3n) is 4.28. The minimum atomic E-state index is -0.589. The number of likely N-dealkylation sites (N-methyl/N-ethyl adjacent to an activating group) is 1. The van der Waals surface area contributed by atoms with Crippen molar-refractivity contribution in [3.63, 3.8) is 0 Å². The summed E-state index contributed by atoms with van der Waals surface area (Å²) in [5.41, 5.74) is 1.97. The van der Waals surface area contributed by atoms with Crippen LogP contribution >= 0.6 is 15.9 Å². The van der Waals surface area contributed by atoms with Gasteiger partial charge in [-0.15, -0.1) is 0 Å². The third kappa shape index (κ3) is 4.39. The molecule has 0 N–H and O–H groups in total. The zero-order valence-electron chi connectivity index (χ0n) is 15.9. The lowest BCUT2D eigenvalue weighted by Crippen LogP contribution is -2.31. The van der Waals surface area contributed by atoms with E-state index in [-0.39, 0.29) is 24.1 Å². The van der Waals surface area contributed by atoms with Crippen LogP contribution < -0.4 is 0 Å². The summed E-state index contributed by atoms with van der Waals surface area (Å²) in [6.45, 7) is 4.10. The first-order chi connectivity index (χ1) is 13.4. The van der Waals surface area contributed by atoms with Crippen molar-refractivity contribution in [3.8, 4) is 0 Å². The van der Waals surface area contributed by atoms with Crippen LogP contribution in [-0.4, -0.2) is 45.2 Å². The van der Waals surface area contributed by atoms with Crippen LogP contribution in [0.3, 0.4) is 0 Å². The third-order valence-corrected chi connectivity index (χ3v) is 5.05. The molecule has 2 heterocycles. The predicted octanol–water partition coefficient (Wildman–Crippen LogP) is 3.59. The highest BCUT2D eigenvalue weighted by Crippen LogP contribution is 2.18. The molecular formula is C20H21BrN4O3. The number of carbonyl (C=O) groups is 2. The van der Waals surface area contributed by atoms with Crippen molar-refractivity contribution < 1.29 is 14.3 Å². The van der Waals surface area contributed by atoms with Crippen LogP contribution in [0, 0.1) is 0 Å². The number of ether oxygens (including phenoxy) is 1. The summed E-state index contributed by atoms with van der Waals surface area (Å²) < 4.78 is 7.88. The van der Waals surface area contributed by atoms with Crippen molar-refractivity contribution in [2.75, 3.05) is 13.7 Å². The van der Waals surface area contributed by atoms with Gasteiger partial charge in [-0.2, -0.15) is 5.10 Å². The average molecular weight is 445 g/mol. The maximum atomic E-state index is 12.3. The molecule has 28 heavy (non-hydrogen) atoms. The van der Waals surface area contributed by atoms with Gasteiger partial charge in [0.05, 0.1) is 11.8 Å². The summed E-state index contributed by atoms with van der Waals surface area (Å²) in [7, 11) is 1.67. The second-order valence-electron chi connectivity index (χ2n) is 6.74. The van der Waals surface area contributed by atoms with Gasteiger partial charge in [0, 0.05) is 35.7 Å². The van der Waals surface area contributed by atoms with Crippen molar-refractivity contribution >= 4 is 38.8 Å². The average Bonchev–Trinajstić information content (AvgIpc) is 3.11. The van der Waals surface area contributed by atoms with Gasteiger partial charge in [0.1, 0.15) is 0 Å². The summed E-state index contributed by atoms with van der Waals surface area (Å²) in [6, 6.07) is 9.50. The van der Waals surface area contributed by atoms with E-state index in [1.807, 2.05) is 38.1 Å². The molecule has 1 amide bonds. The summed E-state index contributed by atoms with van der Waals surface area (Å²) in [5.74, 6) is -0.875. The number of pyridine rings is 1. The molecule has 0 saturated heterocycles. The van der Waals surface area contributed by atoms with Crippen LogP contribution in [-0.2, 0) is 16.1 Å². The van der Waals surface area contributed by atoms with E-state index >= 15 is 0 Å². The second kappa shape index (κ2) is 8.52. The van der Waals surface area contributed by atoms with Gasteiger partial charge < -0.3 is 9.64 Å². The van der Waals surface area contributed by atoms with Crippen LogP contribution in [0.15, 0.2) is 47.2 Å². The van der Waals surface area contributed by atoms with Crippen molar-refractivity contribution in [3.05, 3.63) is 58.3 Å². The van der Waals surface area contributed by atoms with E-state index in [4.69, 9.17) is 4.74 Å². The number of aromatic nitrogens is 3. The zero-order chi connectivity index (χ0) is 20.3. The Kier molecular flexibility index (Phi) is 6.08. The Morgan fingerprint density at radius 2 is 2.00 bits per heavy atom. The molecule has 3 rings (SSSR count). The number of benzene rings is 1. The molecule has 0 aliphatic heterocycles. The molecule has 0 radical (unpaired) electrons. The molecule has 2 aromatic heterocycles. The first kappa shape index (κ1) is 20.0. The highest BCUT2D eigenvalue weighted by Gasteiger charge is 2.16. The molecule has 0 unspecified atom stereocenters. The minimum Gasteiger partial charge on any atom is -0.452 e. The van der Waals surface area contributed by atoms with Gasteiger partial charge in [-0.25, -0.2) is 14.5 Å². The smallest absolute Gasteiger partial charge is 0.340 e. The molecule has 0 fully saturated rings. The maximum absolute atomic E-state index is 12.3. The van der Waals surface area contributed by atoms with Gasteiger partial charge in [-0.05, 0) is 31.5 Å². The largest absolute Gasteiger partial charge is 0.452 e. The van der Waals surface area contributed by atoms with Crippen LogP contribution in [0.5, 0.6) is 0 Å². The highest BCUT2D eigenvalue weighted by molar-refractivity contribution is 9.10. The molecule has 0 bridgehead atoms. The van der Waals surface area contributed by atoms with Crippen molar-refractivity contribution in [1.82, 2.24) is 19.7 Å². The van der Waals surface area contributed by atoms with Crippen LogP contribution in [0.4, 0.5) is 0 Å². The highest BCUT2D eigenvalue weighted by atomic mass is 79.9. The topological polar surface area (TPSA) is 77.3 Å². The van der Waals surface area contributed by atoms with E-state index in [9.17, 15) is 9.59 Å². The van der Waals surface area contributed by atoms with Gasteiger partial charge >= 0.3 is 5.97 Å². The molecule has 0 atom stereocenters. The number of carbonyl (C=O) groups excluding carboxylic acids is 2. The fraction of sp³-hybridized carbons (Fsp3) is 0.300. The van der Waals surface area contributed by atoms with E-state index in [1.165, 1.54) is 11.1 Å². The molecule has 7 nitrogen and oxygen atoms in total. The number of rotatable bonds is 6. The fourth-order valence-electron chi connectivity index (χ4n) is 2.72. The van der Waals surface area contributed by atoms with Crippen LogP contribution in [0.25, 0.3) is 11.0 Å². The molecule has 0 aliphatic rings. The van der Waals surface area contributed by atoms with E-state index in [2.05, 4.69) is 26.0 Å². The number of halogens is 1. The SMILES string of the molecule is CC(C)n1ncc2cc(C(=O)OCC(=O)N(C)Cc3ccccc3Br)cnc21. The molecule has 0 aliphatic carbocycles. The number of fused-ring (bicyclic) bond motifs is 1. The minimum absolute atomic E-state index is 0.167. The zero-order valence-corrected chi connectivity index (χ0v) is 17.5. The lowest BCUT2D eigenvalue weighted by atomic mass is 10.2. The summed E-state index contributed by atoms with van der Waals surface area (Å²) in [4.78, 5) is 30.4. The van der Waals surface area contributed by atoms with Gasteiger partial charge in [0.2, 0.25) is 0 Å². The van der Waals surface area contributed by atoms with Crippen LogP contribution in [0.2, 0.25) is 0 Å². The van der Waals surface area contributed by atoms with E-state index in [0.29, 0.717) is 12.2 Å². The molecule has 0 spiro atoms. The molecule has 0 saturated carbocycles. The summed E-state index contributed by atoms with van der Waals surface area (Å²) >= 11 is 3.46. The number of hydrogen-bond donors (Lipinski definition) is 0. The lowest BCUT2D eigenvalue weighted by molar-refractivity contribution is -0.133. The molecular weight excluding hydrogens is 424 g/mol. The van der Waals surface area contributed by atoms with Gasteiger partial charge in [0.25, 0.3) is 5.91 Å². The first-order valence-electron chi connectivity index (χ1n) is 8.84. The van der Waals surface area contributed by atoms with Gasteiger partial charge in [-0.1, -0.05) is 34.1 Å². The Hall–Kier alpha value is -2.74. The van der Waals surface area contributed by atoms with Crippen molar-refractivity contribution in [2.24, 2.45) is 0 Å². The standard InChI is InChI=1S/C20H21BrN4O3/c1-13(2)25-19-15(10-23-25)8-16(9-22-19)20(27)28-12-18(26)24(3)11-14-6-4-5-7-17(14)21/h4-10,13H,11-12H2,1-3H3. The monoisotopic (exact) mass is 444 g/mol. The Morgan fingerprint density at radius 1 is 1.25 bits per heavy atom. The number of nitrogens with zero attached hydrogens (tertiary/aromatic N) is 4. The Labute approximate surface area is 171 Å². The fourth-order valence-corrected chi connectivity index (χ4v) is 3.13. The summed E-state index contributed by atoms with van der Waals surface area (Å²) in [5, 5.41) is 5.03. The van der Waals surface area contributed by atoms with Crippen molar-refractivity contribution in [1.29, 1.82) is 0 Å². The maximum Gasteiger partial charge on any atom is 0.340 e. The molecule has 8 heteroatoms. The van der Waals surface area contributed by atoms with E-state index < -0.39 is 5.97 Å². The number of esters is 1. The summed E-state index contributed by atoms with van der Waals surface area (Å²) in [6.07, 6.45) is 3.11. The van der Waals surface area contributed by atoms with Gasteiger partial charge in [0.15, 0.2) is 12.3 Å².